The van der Waals surface area contributed by atoms with E-state index in [9.17, 15) is 4.79 Å². The first kappa shape index (κ1) is 13.0. The van der Waals surface area contributed by atoms with Gasteiger partial charge in [-0.15, -0.1) is 0 Å². The molecule has 0 atom stereocenters. The molecule has 0 spiro atoms. The minimum atomic E-state index is -0.292. The maximum absolute atomic E-state index is 10.7. The molecule has 2 nitrogen and oxygen atoms in total. The Morgan fingerprint density at radius 1 is 1.38 bits per heavy atom. The number of esters is 1. The van der Waals surface area contributed by atoms with E-state index in [1.807, 2.05) is 52.9 Å². The first-order valence-corrected chi connectivity index (χ1v) is 4.71. The molecule has 0 aliphatic carbocycles. The molecule has 0 unspecified atom stereocenters. The van der Waals surface area contributed by atoms with Gasteiger partial charge in [-0.2, -0.15) is 0 Å². The van der Waals surface area contributed by atoms with Crippen molar-refractivity contribution in [2.24, 2.45) is 0 Å². The molecule has 0 bridgehead atoms. The Labute approximate surface area is 105 Å². The van der Waals surface area contributed by atoms with Crippen LogP contribution in [0.3, 0.4) is 0 Å². The van der Waals surface area contributed by atoms with Crippen LogP contribution in [-0.2, 0) is 36.6 Å². The van der Waals surface area contributed by atoms with Crippen molar-refractivity contribution in [3.05, 3.63) is 40.3 Å². The molecule has 0 amide bonds. The number of halogens is 1. The molecule has 1 radical (unpaired) electrons. The maximum atomic E-state index is 10.7. The topological polar surface area (TPSA) is 26.3 Å². The van der Waals surface area contributed by atoms with Crippen molar-refractivity contribution < 1.29 is 30.0 Å². The summed E-state index contributed by atoms with van der Waals surface area (Å²) in [5.74, 6) is -0.292. The molecule has 0 heterocycles. The maximum Gasteiger partial charge on any atom is 0.176 e. The standard InChI is InChI=1S/C9H8IO2.Re/c10-6-9(11)12-7-8-4-2-1-3-5-8;/h1-6H,7H2;/q-1;. The van der Waals surface area contributed by atoms with E-state index in [4.69, 9.17) is 4.74 Å². The third-order valence-corrected chi connectivity index (χ3v) is 1.82. The van der Waals surface area contributed by atoms with Crippen LogP contribution in [0.1, 0.15) is 5.56 Å². The molecule has 13 heavy (non-hydrogen) atoms. The van der Waals surface area contributed by atoms with Gasteiger partial charge in [0.1, 0.15) is 6.61 Å². The van der Waals surface area contributed by atoms with Gasteiger partial charge >= 0.3 is 0 Å². The Morgan fingerprint density at radius 3 is 2.54 bits per heavy atom. The Morgan fingerprint density at radius 2 is 2.00 bits per heavy atom. The van der Waals surface area contributed by atoms with Crippen LogP contribution in [0.5, 0.6) is 0 Å². The van der Waals surface area contributed by atoms with Gasteiger partial charge in [0.2, 0.25) is 0 Å². The first-order chi connectivity index (χ1) is 5.83. The fraction of sp³-hybridized carbons (Fsp3) is 0.111. The Balaban J connectivity index is 0.00000144. The summed E-state index contributed by atoms with van der Waals surface area (Å²) >= 11 is 1.86. The number of benzene rings is 1. The van der Waals surface area contributed by atoms with Gasteiger partial charge in [0.15, 0.2) is 5.97 Å². The van der Waals surface area contributed by atoms with Crippen LogP contribution < -0.4 is 0 Å². The summed E-state index contributed by atoms with van der Waals surface area (Å²) < 4.78 is 6.25. The van der Waals surface area contributed by atoms with E-state index >= 15 is 0 Å². The second-order valence-electron chi connectivity index (χ2n) is 2.20. The molecule has 0 saturated carbocycles. The van der Waals surface area contributed by atoms with Gasteiger partial charge in [-0.1, -0.05) is 30.3 Å². The van der Waals surface area contributed by atoms with Crippen LogP contribution in [0, 0.1) is 4.43 Å². The van der Waals surface area contributed by atoms with Gasteiger partial charge < -0.3 is 4.74 Å². The third-order valence-electron chi connectivity index (χ3n) is 1.31. The average Bonchev–Trinajstić information content (AvgIpc) is 2.16. The SMILES string of the molecule is O=C([CH-]I)OCc1ccccc1.[Re]. The largest absolute Gasteiger partial charge is 0.483 e. The molecular weight excluding hydrogens is 453 g/mol. The molecule has 0 saturated heterocycles. The summed E-state index contributed by atoms with van der Waals surface area (Å²) in [5, 5.41) is 0. The number of carbonyl (C=O) groups excluding carboxylic acids is 1. The fourth-order valence-electron chi connectivity index (χ4n) is 0.760. The molecule has 0 fully saturated rings. The van der Waals surface area contributed by atoms with Gasteiger partial charge in [-0.3, -0.25) is 27.4 Å². The first-order valence-electron chi connectivity index (χ1n) is 3.47. The third kappa shape index (κ3) is 5.30. The van der Waals surface area contributed by atoms with Crippen LogP contribution in [0.15, 0.2) is 30.3 Å². The number of carbonyl (C=O) groups is 1. The zero-order valence-corrected chi connectivity index (χ0v) is 11.6. The second-order valence-corrected chi connectivity index (χ2v) is 2.83. The molecule has 1 aromatic carbocycles. The van der Waals surface area contributed by atoms with E-state index in [0.717, 1.165) is 5.56 Å². The molecule has 0 N–H and O–H groups in total. The van der Waals surface area contributed by atoms with Crippen molar-refractivity contribution >= 4 is 28.6 Å². The predicted octanol–water partition coefficient (Wildman–Crippen LogP) is 2.32. The number of hydrogen-bond acceptors (Lipinski definition) is 2. The van der Waals surface area contributed by atoms with Crippen molar-refractivity contribution in [1.82, 2.24) is 0 Å². The zero-order chi connectivity index (χ0) is 8.81. The Kier molecular flexibility index (Phi) is 7.34. The van der Waals surface area contributed by atoms with Crippen LogP contribution in [0.2, 0.25) is 0 Å². The van der Waals surface area contributed by atoms with Crippen molar-refractivity contribution in [3.63, 3.8) is 0 Å². The van der Waals surface area contributed by atoms with E-state index in [1.165, 1.54) is 4.43 Å². The van der Waals surface area contributed by atoms with Crippen molar-refractivity contribution in [3.8, 4) is 0 Å². The van der Waals surface area contributed by atoms with E-state index in [0.29, 0.717) is 6.61 Å². The summed E-state index contributed by atoms with van der Waals surface area (Å²) in [7, 11) is 0. The summed E-state index contributed by atoms with van der Waals surface area (Å²) in [4.78, 5) is 10.7. The van der Waals surface area contributed by atoms with Gasteiger partial charge in [-0.05, 0) is 5.56 Å². The van der Waals surface area contributed by atoms with Crippen LogP contribution in [-0.4, -0.2) is 5.97 Å². The minimum absolute atomic E-state index is 0. The molecule has 1 aromatic rings. The molecular formula is C9H8IO2Re-. The van der Waals surface area contributed by atoms with E-state index < -0.39 is 0 Å². The minimum Gasteiger partial charge on any atom is -0.483 e. The zero-order valence-electron chi connectivity index (χ0n) is 6.74. The summed E-state index contributed by atoms with van der Waals surface area (Å²) in [6, 6.07) is 9.59. The van der Waals surface area contributed by atoms with E-state index in [1.54, 1.807) is 0 Å². The van der Waals surface area contributed by atoms with Crippen LogP contribution in [0.4, 0.5) is 0 Å². The summed E-state index contributed by atoms with van der Waals surface area (Å²) in [6.07, 6.45) is 0. The number of rotatable bonds is 3. The van der Waals surface area contributed by atoms with Gasteiger partial charge in [0, 0.05) is 20.4 Å². The monoisotopic (exact) mass is 462 g/mol. The summed E-state index contributed by atoms with van der Waals surface area (Å²) in [6.45, 7) is 0.346. The molecule has 71 valence electrons. The van der Waals surface area contributed by atoms with Crippen LogP contribution >= 0.6 is 22.6 Å². The summed E-state index contributed by atoms with van der Waals surface area (Å²) in [5.41, 5.74) is 1.00. The van der Waals surface area contributed by atoms with E-state index in [2.05, 4.69) is 0 Å². The Bertz CT molecular complexity index is 251. The van der Waals surface area contributed by atoms with Gasteiger partial charge in [-0.25, -0.2) is 4.43 Å². The van der Waals surface area contributed by atoms with Crippen molar-refractivity contribution in [2.45, 2.75) is 6.61 Å². The van der Waals surface area contributed by atoms with Gasteiger partial charge in [0.25, 0.3) is 0 Å². The number of hydrogen-bond donors (Lipinski definition) is 0. The van der Waals surface area contributed by atoms with Crippen molar-refractivity contribution in [1.29, 1.82) is 0 Å². The fourth-order valence-corrected chi connectivity index (χ4v) is 0.940. The predicted molar refractivity (Wildman–Crippen MR) is 54.6 cm³/mol. The molecule has 4 heteroatoms. The van der Waals surface area contributed by atoms with Gasteiger partial charge in [0.05, 0.1) is 0 Å². The smallest absolute Gasteiger partial charge is 0.176 e. The van der Waals surface area contributed by atoms with Crippen LogP contribution in [0.25, 0.3) is 0 Å². The normalized spacial score (nSPS) is 8.38. The molecule has 0 aliphatic heterocycles. The molecule has 0 aliphatic rings. The average molecular weight is 461 g/mol. The molecule has 0 aromatic heterocycles. The Hall–Kier alpha value is -0.0477. The number of ether oxygens (including phenoxy) is 1. The van der Waals surface area contributed by atoms with Crippen molar-refractivity contribution in [2.75, 3.05) is 0 Å². The second kappa shape index (κ2) is 7.36. The van der Waals surface area contributed by atoms with E-state index in [-0.39, 0.29) is 26.4 Å². The molecule has 1 rings (SSSR count). The quantitative estimate of drug-likeness (QED) is 0.393.